The molecule has 0 bridgehead atoms. The van der Waals surface area contributed by atoms with Crippen LogP contribution in [-0.4, -0.2) is 38.2 Å². The molecule has 0 radical (unpaired) electrons. The van der Waals surface area contributed by atoms with Crippen molar-refractivity contribution in [1.29, 1.82) is 0 Å². The van der Waals surface area contributed by atoms with Crippen LogP contribution >= 0.6 is 0 Å². The molecule has 4 heteroatoms. The van der Waals surface area contributed by atoms with Crippen molar-refractivity contribution in [1.82, 2.24) is 4.90 Å². The van der Waals surface area contributed by atoms with Crippen LogP contribution in [0.4, 0.5) is 0 Å². The topological polar surface area (TPSA) is 37.1 Å². The Morgan fingerprint density at radius 2 is 2.10 bits per heavy atom. The average molecular weight is 159 g/mol. The first-order valence-electron chi connectivity index (χ1n) is 3.32. The Morgan fingerprint density at radius 1 is 1.40 bits per heavy atom. The molecule has 2 aliphatic heterocycles. The van der Waals surface area contributed by atoms with E-state index in [9.17, 15) is 8.42 Å². The molecule has 1 fully saturated rings. The van der Waals surface area contributed by atoms with Crippen LogP contribution < -0.4 is 0 Å². The molecule has 0 aromatic rings. The molecule has 2 heterocycles. The SMILES string of the molecule is O=S1(=O)C=C[C@H](N2CC2)C1. The molecular formula is C6H9NO2S. The van der Waals surface area contributed by atoms with Gasteiger partial charge in [0.2, 0.25) is 0 Å². The second-order valence-electron chi connectivity index (χ2n) is 2.76. The third kappa shape index (κ3) is 1.09. The van der Waals surface area contributed by atoms with Gasteiger partial charge in [0.05, 0.1) is 5.75 Å². The van der Waals surface area contributed by atoms with Gasteiger partial charge in [-0.05, 0) is 0 Å². The molecule has 0 amide bonds. The van der Waals surface area contributed by atoms with Crippen molar-refractivity contribution in [3.8, 4) is 0 Å². The molecule has 2 aliphatic rings. The van der Waals surface area contributed by atoms with E-state index >= 15 is 0 Å². The smallest absolute Gasteiger partial charge is 0.173 e. The molecule has 0 aromatic heterocycles. The molecule has 0 aromatic carbocycles. The minimum Gasteiger partial charge on any atom is -0.293 e. The highest BCUT2D eigenvalue weighted by atomic mass is 32.2. The van der Waals surface area contributed by atoms with Crippen molar-refractivity contribution in [2.45, 2.75) is 6.04 Å². The Kier molecular flexibility index (Phi) is 1.16. The Balaban J connectivity index is 2.14. The zero-order chi connectivity index (χ0) is 7.19. The molecule has 0 aliphatic carbocycles. The van der Waals surface area contributed by atoms with Crippen LogP contribution in [0.5, 0.6) is 0 Å². The summed E-state index contributed by atoms with van der Waals surface area (Å²) in [6.07, 6.45) is 1.78. The summed E-state index contributed by atoms with van der Waals surface area (Å²) in [4.78, 5) is 2.14. The summed E-state index contributed by atoms with van der Waals surface area (Å²) >= 11 is 0. The third-order valence-corrected chi connectivity index (χ3v) is 3.24. The fraction of sp³-hybridized carbons (Fsp3) is 0.667. The van der Waals surface area contributed by atoms with Gasteiger partial charge in [-0.2, -0.15) is 0 Å². The number of rotatable bonds is 1. The van der Waals surface area contributed by atoms with E-state index in [1.807, 2.05) is 0 Å². The van der Waals surface area contributed by atoms with E-state index in [0.29, 0.717) is 5.75 Å². The maximum atomic E-state index is 10.9. The van der Waals surface area contributed by atoms with Gasteiger partial charge in [0, 0.05) is 24.5 Å². The minimum absolute atomic E-state index is 0.185. The van der Waals surface area contributed by atoms with Crippen molar-refractivity contribution >= 4 is 9.84 Å². The van der Waals surface area contributed by atoms with E-state index in [1.54, 1.807) is 6.08 Å². The lowest BCUT2D eigenvalue weighted by molar-refractivity contribution is 0.501. The molecular weight excluding hydrogens is 150 g/mol. The number of sulfone groups is 1. The first-order chi connectivity index (χ1) is 4.67. The zero-order valence-electron chi connectivity index (χ0n) is 5.53. The van der Waals surface area contributed by atoms with Gasteiger partial charge >= 0.3 is 0 Å². The Hall–Kier alpha value is -0.350. The van der Waals surface area contributed by atoms with E-state index in [4.69, 9.17) is 0 Å². The van der Waals surface area contributed by atoms with E-state index in [1.165, 1.54) is 5.41 Å². The predicted molar refractivity (Wildman–Crippen MR) is 38.3 cm³/mol. The highest BCUT2D eigenvalue weighted by Crippen LogP contribution is 2.19. The molecule has 0 N–H and O–H groups in total. The van der Waals surface area contributed by atoms with Gasteiger partial charge < -0.3 is 0 Å². The van der Waals surface area contributed by atoms with Gasteiger partial charge in [-0.25, -0.2) is 8.42 Å². The molecule has 56 valence electrons. The summed E-state index contributed by atoms with van der Waals surface area (Å²) < 4.78 is 21.7. The van der Waals surface area contributed by atoms with Crippen LogP contribution in [0.2, 0.25) is 0 Å². The van der Waals surface area contributed by atoms with Gasteiger partial charge in [-0.1, -0.05) is 6.08 Å². The summed E-state index contributed by atoms with van der Waals surface area (Å²) in [6, 6.07) is 0.185. The van der Waals surface area contributed by atoms with E-state index in [0.717, 1.165) is 13.1 Å². The highest BCUT2D eigenvalue weighted by Gasteiger charge is 2.32. The fourth-order valence-electron chi connectivity index (χ4n) is 1.18. The third-order valence-electron chi connectivity index (χ3n) is 1.86. The Morgan fingerprint density at radius 3 is 2.50 bits per heavy atom. The predicted octanol–water partition coefficient (Wildman–Crippen LogP) is -0.387. The van der Waals surface area contributed by atoms with Crippen LogP contribution in [-0.2, 0) is 9.84 Å². The Bertz CT molecular complexity index is 263. The van der Waals surface area contributed by atoms with Crippen LogP contribution in [0.3, 0.4) is 0 Å². The first kappa shape index (κ1) is 6.37. The van der Waals surface area contributed by atoms with Gasteiger partial charge in [-0.15, -0.1) is 0 Å². The van der Waals surface area contributed by atoms with E-state index in [-0.39, 0.29) is 6.04 Å². The molecule has 0 unspecified atom stereocenters. The number of hydrogen-bond acceptors (Lipinski definition) is 3. The lowest BCUT2D eigenvalue weighted by atomic mass is 10.3. The van der Waals surface area contributed by atoms with E-state index < -0.39 is 9.84 Å². The molecule has 10 heavy (non-hydrogen) atoms. The number of nitrogens with zero attached hydrogens (tertiary/aromatic N) is 1. The maximum absolute atomic E-state index is 10.9. The van der Waals surface area contributed by atoms with E-state index in [2.05, 4.69) is 4.90 Å². The maximum Gasteiger partial charge on any atom is 0.173 e. The summed E-state index contributed by atoms with van der Waals surface area (Å²) in [5, 5.41) is 1.33. The van der Waals surface area contributed by atoms with Crippen LogP contribution in [0.15, 0.2) is 11.5 Å². The van der Waals surface area contributed by atoms with Crippen molar-refractivity contribution < 1.29 is 8.42 Å². The number of hydrogen-bond donors (Lipinski definition) is 0. The summed E-state index contributed by atoms with van der Waals surface area (Å²) in [6.45, 7) is 2.12. The zero-order valence-corrected chi connectivity index (χ0v) is 6.34. The molecule has 0 spiro atoms. The summed E-state index contributed by atoms with van der Waals surface area (Å²) in [5.41, 5.74) is 0. The molecule has 0 saturated carbocycles. The Labute approximate surface area is 60.2 Å². The standard InChI is InChI=1S/C6H9NO2S/c8-10(9)4-1-6(5-10)7-2-3-7/h1,4,6H,2-3,5H2/t6-/m0/s1. The van der Waals surface area contributed by atoms with Crippen molar-refractivity contribution in [3.05, 3.63) is 11.5 Å². The van der Waals surface area contributed by atoms with Crippen molar-refractivity contribution in [2.75, 3.05) is 18.8 Å². The monoisotopic (exact) mass is 159 g/mol. The quantitative estimate of drug-likeness (QED) is 0.489. The largest absolute Gasteiger partial charge is 0.293 e. The van der Waals surface area contributed by atoms with Crippen molar-refractivity contribution in [3.63, 3.8) is 0 Å². The lowest BCUT2D eigenvalue weighted by Crippen LogP contribution is -2.19. The normalized spacial score (nSPS) is 36.6. The fourth-order valence-corrected chi connectivity index (χ4v) is 2.51. The molecule has 1 saturated heterocycles. The second-order valence-corrected chi connectivity index (χ2v) is 4.69. The summed E-state index contributed by atoms with van der Waals surface area (Å²) in [5.74, 6) is 0.299. The van der Waals surface area contributed by atoms with Gasteiger partial charge in [-0.3, -0.25) is 4.90 Å². The van der Waals surface area contributed by atoms with Crippen molar-refractivity contribution in [2.24, 2.45) is 0 Å². The van der Waals surface area contributed by atoms with Crippen LogP contribution in [0.1, 0.15) is 0 Å². The minimum atomic E-state index is -2.82. The van der Waals surface area contributed by atoms with Gasteiger partial charge in [0.1, 0.15) is 0 Å². The first-order valence-corrected chi connectivity index (χ1v) is 5.04. The lowest BCUT2D eigenvalue weighted by Gasteiger charge is -2.04. The average Bonchev–Trinajstić information content (AvgIpc) is 2.59. The van der Waals surface area contributed by atoms with Crippen LogP contribution in [0.25, 0.3) is 0 Å². The van der Waals surface area contributed by atoms with Gasteiger partial charge in [0.15, 0.2) is 9.84 Å². The molecule has 1 atom stereocenters. The van der Waals surface area contributed by atoms with Crippen LogP contribution in [0, 0.1) is 0 Å². The second kappa shape index (κ2) is 1.83. The van der Waals surface area contributed by atoms with Gasteiger partial charge in [0.25, 0.3) is 0 Å². The molecule has 2 rings (SSSR count). The summed E-state index contributed by atoms with van der Waals surface area (Å²) in [7, 11) is -2.82. The molecule has 3 nitrogen and oxygen atoms in total. The highest BCUT2D eigenvalue weighted by molar-refractivity contribution is 7.94.